The van der Waals surface area contributed by atoms with Gasteiger partial charge in [0, 0.05) is 64.0 Å². The lowest BCUT2D eigenvalue weighted by atomic mass is 10.9. The van der Waals surface area contributed by atoms with E-state index < -0.39 is 64.0 Å². The molecule has 270 valence electrons. The fourth-order valence-corrected chi connectivity index (χ4v) is 711. The van der Waals surface area contributed by atoms with E-state index in [-0.39, 0.29) is 0 Å². The van der Waals surface area contributed by atoms with E-state index in [4.69, 9.17) is 0 Å². The Morgan fingerprint density at radius 2 is 0.244 bits per heavy atom. The molecule has 0 aliphatic carbocycles. The van der Waals surface area contributed by atoms with E-state index in [1.54, 1.807) is 109 Å². The molecule has 0 nitrogen and oxygen atoms in total. The van der Waals surface area contributed by atoms with E-state index in [0.717, 1.165) is 0 Å². The Labute approximate surface area is 295 Å². The van der Waals surface area contributed by atoms with Gasteiger partial charge in [0.25, 0.3) is 0 Å². The highest BCUT2D eigenvalue weighted by Crippen LogP contribution is 2.78. The van der Waals surface area contributed by atoms with Gasteiger partial charge in [0.1, 0.15) is 0 Å². The molecule has 0 spiro atoms. The van der Waals surface area contributed by atoms with Crippen molar-refractivity contribution in [1.82, 2.24) is 0 Å². The van der Waals surface area contributed by atoms with Gasteiger partial charge in [0.05, 0.1) is 0 Å². The van der Waals surface area contributed by atoms with Gasteiger partial charge in [-0.15, -0.1) is 0 Å². The number of rotatable bonds is 24. The molecule has 9 heteroatoms. The summed E-state index contributed by atoms with van der Waals surface area (Å²) in [6.07, 6.45) is -4.69. The summed E-state index contributed by atoms with van der Waals surface area (Å²) in [6.45, 7) is 51.8. The lowest BCUT2D eigenvalue weighted by Crippen LogP contribution is -2.84. The molecule has 1 aliphatic heterocycles. The molecule has 0 aromatic heterocycles. The Kier molecular flexibility index (Phi) is 17.0. The van der Waals surface area contributed by atoms with Gasteiger partial charge in [-0.2, -0.15) is 0 Å². The Balaban J connectivity index is 5.65. The molecule has 1 rings (SSSR count). The summed E-state index contributed by atoms with van der Waals surface area (Å²) in [5.41, 5.74) is 0. The number of hydrogen-bond acceptors (Lipinski definition) is 0. The van der Waals surface area contributed by atoms with E-state index in [1.165, 1.54) is 0 Å². The second-order valence-corrected chi connectivity index (χ2v) is 122. The molecule has 0 amide bonds. The maximum absolute atomic E-state index is 2.88. The molecule has 1 saturated heterocycles. The Hall–Kier alpha value is 1.95. The topological polar surface area (TPSA) is 0 Å². The molecule has 1 heterocycles. The van der Waals surface area contributed by atoms with Gasteiger partial charge in [0.2, 0.25) is 0 Å². The van der Waals surface area contributed by atoms with Gasteiger partial charge < -0.3 is 0 Å². The first-order valence-electron chi connectivity index (χ1n) is 21.3. The molecule has 0 saturated carbocycles. The van der Waals surface area contributed by atoms with Crippen molar-refractivity contribution in [3.63, 3.8) is 0 Å². The SMILES string of the molecule is CC[Si](CC)(CC)[Si]1([Si](CC)(CC)CC)[Si]([Si](CC)(CC)CC)([Si](CC)(CC)CC)[Si]1([Si](CC)(CC)CC)[Si](CC)(CC)CC. The smallest absolute Gasteiger partial charge is 0.0382 e. The van der Waals surface area contributed by atoms with Gasteiger partial charge in [-0.05, 0) is 0 Å². The average Bonchev–Trinajstić information content (AvgIpc) is 3.71. The monoisotopic (exact) mass is 774 g/mol. The Morgan fingerprint density at radius 1 is 0.178 bits per heavy atom. The molecule has 0 aromatic rings. The molecular formula is C36H90Si9. The van der Waals surface area contributed by atoms with E-state index in [1.807, 2.05) is 0 Å². The maximum Gasteiger partial charge on any atom is 0.0382 e. The number of hydrogen-bond donors (Lipinski definition) is 0. The third-order valence-electron chi connectivity index (χ3n) is 18.6. The standard InChI is InChI=1S/C36H90Si9/c1-19-37(20-2,21-3)43(38(22-4,23-5)24-6)44(39(25-7,26-8)27-9,40(28-10,29-11)30-12)45(43,41(31-13,32-14)33-15)42(34-16,35-17)36-18/h19-36H2,1-18H3. The van der Waals surface area contributed by atoms with E-state index in [0.29, 0.717) is 0 Å². The second kappa shape index (κ2) is 17.0. The third kappa shape index (κ3) is 4.87. The summed E-state index contributed by atoms with van der Waals surface area (Å²) in [4.78, 5) is 0. The molecule has 0 radical (unpaired) electrons. The minimum Gasteiger partial charge on any atom is -0.0680 e. The van der Waals surface area contributed by atoms with Crippen LogP contribution in [0.5, 0.6) is 0 Å². The lowest BCUT2D eigenvalue weighted by Gasteiger charge is -2.60. The first kappa shape index (κ1) is 45.0. The summed E-state index contributed by atoms with van der Waals surface area (Å²) in [7, 11) is -8.85. The lowest BCUT2D eigenvalue weighted by molar-refractivity contribution is 1.19. The summed E-state index contributed by atoms with van der Waals surface area (Å²) < 4.78 is 0. The largest absolute Gasteiger partial charge is 0.0680 e. The zero-order valence-corrected chi connectivity index (χ0v) is 44.2. The first-order chi connectivity index (χ1) is 21.3. The van der Waals surface area contributed by atoms with Crippen molar-refractivity contribution < 1.29 is 0 Å². The van der Waals surface area contributed by atoms with Crippen LogP contribution in [-0.2, 0) is 0 Å². The zero-order valence-electron chi connectivity index (χ0n) is 35.2. The van der Waals surface area contributed by atoms with Crippen molar-refractivity contribution in [2.45, 2.75) is 233 Å². The highest BCUT2D eigenvalue weighted by Gasteiger charge is 3.07. The highest BCUT2D eigenvalue weighted by atomic mass is 30.9. The van der Waals surface area contributed by atoms with Gasteiger partial charge in [-0.25, -0.2) is 0 Å². The first-order valence-corrected chi connectivity index (χ1v) is 52.1. The molecular weight excluding hydrogens is 685 g/mol. The van der Waals surface area contributed by atoms with Gasteiger partial charge in [0.15, 0.2) is 0 Å². The molecule has 45 heavy (non-hydrogen) atoms. The van der Waals surface area contributed by atoms with Crippen LogP contribution in [0.4, 0.5) is 0 Å². The molecule has 0 atom stereocenters. The summed E-state index contributed by atoms with van der Waals surface area (Å²) in [6, 6.07) is 30.9. The fraction of sp³-hybridized carbons (Fsp3) is 1.00. The highest BCUT2D eigenvalue weighted by molar-refractivity contribution is 8.62. The van der Waals surface area contributed by atoms with Gasteiger partial charge >= 0.3 is 0 Å². The van der Waals surface area contributed by atoms with Crippen molar-refractivity contribution in [2.24, 2.45) is 0 Å². The zero-order chi connectivity index (χ0) is 35.2. The quantitative estimate of drug-likeness (QED) is 0.0857. The van der Waals surface area contributed by atoms with Gasteiger partial charge in [-0.1, -0.05) is 233 Å². The summed E-state index contributed by atoms with van der Waals surface area (Å²) in [5, 5.41) is 0. The van der Waals surface area contributed by atoms with Crippen LogP contribution in [0.1, 0.15) is 125 Å². The van der Waals surface area contributed by atoms with Crippen molar-refractivity contribution in [1.29, 1.82) is 0 Å². The van der Waals surface area contributed by atoms with Gasteiger partial charge in [-0.3, -0.25) is 0 Å². The van der Waals surface area contributed by atoms with Crippen LogP contribution in [0.2, 0.25) is 109 Å². The maximum atomic E-state index is 2.88. The molecule has 0 bridgehead atoms. The minimum atomic E-state index is -1.56. The summed E-state index contributed by atoms with van der Waals surface area (Å²) in [5.74, 6) is 0. The minimum absolute atomic E-state index is 1.47. The predicted molar refractivity (Wildman–Crippen MR) is 240 cm³/mol. The van der Waals surface area contributed by atoms with Crippen LogP contribution < -0.4 is 0 Å². The fourth-order valence-electron chi connectivity index (χ4n) is 16.3. The molecule has 0 unspecified atom stereocenters. The molecule has 0 aromatic carbocycles. The molecule has 0 N–H and O–H groups in total. The molecule has 1 fully saturated rings. The van der Waals surface area contributed by atoms with Crippen molar-refractivity contribution in [3.05, 3.63) is 0 Å². The van der Waals surface area contributed by atoms with Crippen LogP contribution in [-0.4, -0.2) is 64.0 Å². The van der Waals surface area contributed by atoms with E-state index in [2.05, 4.69) is 125 Å². The van der Waals surface area contributed by atoms with Crippen LogP contribution >= 0.6 is 0 Å². The normalized spacial score (nSPS) is 18.8. The van der Waals surface area contributed by atoms with Crippen LogP contribution in [0.15, 0.2) is 0 Å². The molecule has 1 aliphatic rings. The van der Waals surface area contributed by atoms with Crippen molar-refractivity contribution >= 4 is 64.0 Å². The van der Waals surface area contributed by atoms with E-state index >= 15 is 0 Å². The second-order valence-electron chi connectivity index (χ2n) is 16.3. The van der Waals surface area contributed by atoms with E-state index in [9.17, 15) is 0 Å². The van der Waals surface area contributed by atoms with Crippen LogP contribution in [0.25, 0.3) is 0 Å². The van der Waals surface area contributed by atoms with Crippen molar-refractivity contribution in [3.8, 4) is 0 Å². The van der Waals surface area contributed by atoms with Crippen LogP contribution in [0.3, 0.4) is 0 Å². The Morgan fingerprint density at radius 3 is 0.289 bits per heavy atom. The third-order valence-corrected chi connectivity index (χ3v) is 309. The average molecular weight is 776 g/mol. The predicted octanol–water partition coefficient (Wildman–Crippen LogP) is 14.1. The van der Waals surface area contributed by atoms with Crippen LogP contribution in [0, 0.1) is 0 Å². The Bertz CT molecular complexity index is 643. The van der Waals surface area contributed by atoms with Crippen molar-refractivity contribution in [2.75, 3.05) is 0 Å². The summed E-state index contributed by atoms with van der Waals surface area (Å²) >= 11 is 0.